The van der Waals surface area contributed by atoms with Gasteiger partial charge in [-0.2, -0.15) is 0 Å². The molecule has 1 atom stereocenters. The Bertz CT molecular complexity index is 554. The lowest BCUT2D eigenvalue weighted by Gasteiger charge is -2.11. The monoisotopic (exact) mass is 393 g/mol. The van der Waals surface area contributed by atoms with Crippen LogP contribution in [0.25, 0.3) is 0 Å². The zero-order chi connectivity index (χ0) is 13.3. The molecule has 0 saturated carbocycles. The molecule has 1 unspecified atom stereocenters. The van der Waals surface area contributed by atoms with Gasteiger partial charge in [0.05, 0.1) is 16.9 Å². The van der Waals surface area contributed by atoms with Gasteiger partial charge in [-0.3, -0.25) is 0 Å². The van der Waals surface area contributed by atoms with Gasteiger partial charge in [-0.1, -0.05) is 6.07 Å². The Labute approximate surface area is 125 Å². The van der Waals surface area contributed by atoms with E-state index in [1.807, 2.05) is 6.07 Å². The van der Waals surface area contributed by atoms with Crippen molar-refractivity contribution >= 4 is 43.2 Å². The maximum atomic E-state index is 13.3. The summed E-state index contributed by atoms with van der Waals surface area (Å²) < 4.78 is 20.2. The highest BCUT2D eigenvalue weighted by Crippen LogP contribution is 2.37. The van der Waals surface area contributed by atoms with Crippen LogP contribution in [0, 0.1) is 5.82 Å². The van der Waals surface area contributed by atoms with E-state index in [0.717, 1.165) is 18.7 Å². The van der Waals surface area contributed by atoms with Crippen LogP contribution < -0.4 is 10.5 Å². The van der Waals surface area contributed by atoms with Gasteiger partial charge in [-0.15, -0.1) is 11.3 Å². The minimum atomic E-state index is -0.387. The fraction of sp³-hybridized carbons (Fsp3) is 0.167. The normalized spacial score (nSPS) is 12.5. The number of hydrogen-bond acceptors (Lipinski definition) is 3. The summed E-state index contributed by atoms with van der Waals surface area (Å²) in [4.78, 5) is 0.988. The summed E-state index contributed by atoms with van der Waals surface area (Å²) in [5.41, 5.74) is 6.98. The second-order valence-electron chi connectivity index (χ2n) is 3.64. The first-order valence-corrected chi connectivity index (χ1v) is 7.47. The Morgan fingerprint density at radius 3 is 2.61 bits per heavy atom. The summed E-state index contributed by atoms with van der Waals surface area (Å²) >= 11 is 8.39. The van der Waals surface area contributed by atoms with E-state index in [-0.39, 0.29) is 17.6 Å². The predicted octanol–water partition coefficient (Wildman–Crippen LogP) is 4.47. The predicted molar refractivity (Wildman–Crippen MR) is 78.7 cm³/mol. The summed E-state index contributed by atoms with van der Waals surface area (Å²) in [5.74, 6) is -0.181. The molecule has 2 aromatic rings. The first-order chi connectivity index (χ1) is 8.52. The lowest BCUT2D eigenvalue weighted by molar-refractivity contribution is 0.385. The third kappa shape index (κ3) is 2.77. The van der Waals surface area contributed by atoms with Crippen molar-refractivity contribution in [3.8, 4) is 5.75 Å². The van der Waals surface area contributed by atoms with Crippen LogP contribution in [0.4, 0.5) is 4.39 Å². The van der Waals surface area contributed by atoms with E-state index in [2.05, 4.69) is 31.9 Å². The molecular weight excluding hydrogens is 385 g/mol. The number of ether oxygens (including phenoxy) is 1. The lowest BCUT2D eigenvalue weighted by Crippen LogP contribution is -2.10. The number of methoxy groups -OCH3 is 1. The highest BCUT2D eigenvalue weighted by Gasteiger charge is 2.15. The van der Waals surface area contributed by atoms with Crippen molar-refractivity contribution < 1.29 is 9.13 Å². The summed E-state index contributed by atoms with van der Waals surface area (Å²) in [6, 6.07) is 6.32. The standard InChI is InChI=1S/C12H10Br2FNOS/c1-17-9-4-6(2-3-8(9)15)11(16)10-5-7(13)12(14)18-10/h2-5,11H,16H2,1H3. The van der Waals surface area contributed by atoms with E-state index in [1.54, 1.807) is 23.5 Å². The second-order valence-corrected chi connectivity index (χ2v) is 6.90. The molecule has 0 aliphatic rings. The van der Waals surface area contributed by atoms with Crippen LogP contribution in [0.5, 0.6) is 5.75 Å². The van der Waals surface area contributed by atoms with Crippen LogP contribution in [0.2, 0.25) is 0 Å². The van der Waals surface area contributed by atoms with Crippen LogP contribution in [0.1, 0.15) is 16.5 Å². The van der Waals surface area contributed by atoms with Crippen molar-refractivity contribution in [1.29, 1.82) is 0 Å². The molecule has 0 amide bonds. The quantitative estimate of drug-likeness (QED) is 0.833. The Kier molecular flexibility index (Phi) is 4.42. The van der Waals surface area contributed by atoms with Crippen molar-refractivity contribution in [2.24, 2.45) is 5.73 Å². The number of benzene rings is 1. The molecule has 0 spiro atoms. The minimum absolute atomic E-state index is 0.206. The van der Waals surface area contributed by atoms with Gasteiger partial charge in [-0.05, 0) is 55.6 Å². The zero-order valence-electron chi connectivity index (χ0n) is 9.41. The first kappa shape index (κ1) is 14.0. The van der Waals surface area contributed by atoms with Crippen molar-refractivity contribution in [2.75, 3.05) is 7.11 Å². The molecule has 2 N–H and O–H groups in total. The topological polar surface area (TPSA) is 35.2 Å². The summed E-state index contributed by atoms with van der Waals surface area (Å²) in [7, 11) is 1.44. The zero-order valence-corrected chi connectivity index (χ0v) is 13.4. The van der Waals surface area contributed by atoms with Crippen molar-refractivity contribution in [1.82, 2.24) is 0 Å². The third-order valence-electron chi connectivity index (χ3n) is 2.51. The molecule has 2 rings (SSSR count). The fourth-order valence-corrected chi connectivity index (χ4v) is 3.67. The highest BCUT2D eigenvalue weighted by atomic mass is 79.9. The molecule has 0 radical (unpaired) electrons. The SMILES string of the molecule is COc1cc(C(N)c2cc(Br)c(Br)s2)ccc1F. The third-order valence-corrected chi connectivity index (χ3v) is 5.84. The Morgan fingerprint density at radius 2 is 2.06 bits per heavy atom. The molecule has 1 heterocycles. The van der Waals surface area contributed by atoms with Crippen LogP contribution in [0.15, 0.2) is 32.5 Å². The van der Waals surface area contributed by atoms with E-state index >= 15 is 0 Å². The van der Waals surface area contributed by atoms with E-state index in [4.69, 9.17) is 10.5 Å². The van der Waals surface area contributed by atoms with Gasteiger partial charge in [0.2, 0.25) is 0 Å². The number of hydrogen-bond donors (Lipinski definition) is 1. The number of nitrogens with two attached hydrogens (primary N) is 1. The van der Waals surface area contributed by atoms with Gasteiger partial charge in [-0.25, -0.2) is 4.39 Å². The molecule has 18 heavy (non-hydrogen) atoms. The van der Waals surface area contributed by atoms with E-state index in [1.165, 1.54) is 13.2 Å². The number of halogens is 3. The minimum Gasteiger partial charge on any atom is -0.494 e. The Balaban J connectivity index is 2.36. The Hall–Kier alpha value is -0.430. The van der Waals surface area contributed by atoms with Gasteiger partial charge < -0.3 is 10.5 Å². The Morgan fingerprint density at radius 1 is 1.33 bits per heavy atom. The molecule has 0 aliphatic carbocycles. The van der Waals surface area contributed by atoms with Crippen LogP contribution >= 0.6 is 43.2 Å². The molecule has 96 valence electrons. The molecule has 6 heteroatoms. The van der Waals surface area contributed by atoms with E-state index in [0.29, 0.717) is 0 Å². The van der Waals surface area contributed by atoms with Gasteiger partial charge in [0.15, 0.2) is 11.6 Å². The van der Waals surface area contributed by atoms with Crippen LogP contribution in [-0.4, -0.2) is 7.11 Å². The first-order valence-electron chi connectivity index (χ1n) is 5.06. The second kappa shape index (κ2) is 5.69. The van der Waals surface area contributed by atoms with Gasteiger partial charge >= 0.3 is 0 Å². The summed E-state index contributed by atoms with van der Waals surface area (Å²) in [6.45, 7) is 0. The van der Waals surface area contributed by atoms with Crippen LogP contribution in [-0.2, 0) is 0 Å². The molecule has 2 nitrogen and oxygen atoms in total. The highest BCUT2D eigenvalue weighted by molar-refractivity contribution is 9.13. The maximum absolute atomic E-state index is 13.3. The molecule has 0 saturated heterocycles. The fourth-order valence-electron chi connectivity index (χ4n) is 1.55. The largest absolute Gasteiger partial charge is 0.494 e. The molecular formula is C12H10Br2FNOS. The lowest BCUT2D eigenvalue weighted by atomic mass is 10.1. The van der Waals surface area contributed by atoms with E-state index in [9.17, 15) is 4.39 Å². The molecule has 0 fully saturated rings. The van der Waals surface area contributed by atoms with Crippen LogP contribution in [0.3, 0.4) is 0 Å². The summed E-state index contributed by atoms with van der Waals surface area (Å²) in [5, 5.41) is 0. The van der Waals surface area contributed by atoms with Gasteiger partial charge in [0.25, 0.3) is 0 Å². The molecule has 1 aromatic heterocycles. The molecule has 0 bridgehead atoms. The average molecular weight is 395 g/mol. The van der Waals surface area contributed by atoms with Gasteiger partial charge in [0.1, 0.15) is 0 Å². The van der Waals surface area contributed by atoms with Gasteiger partial charge in [0, 0.05) is 9.35 Å². The number of thiophene rings is 1. The smallest absolute Gasteiger partial charge is 0.165 e. The summed E-state index contributed by atoms with van der Waals surface area (Å²) in [6.07, 6.45) is 0. The van der Waals surface area contributed by atoms with Crippen molar-refractivity contribution in [2.45, 2.75) is 6.04 Å². The number of rotatable bonds is 3. The maximum Gasteiger partial charge on any atom is 0.165 e. The van der Waals surface area contributed by atoms with Crippen molar-refractivity contribution in [3.63, 3.8) is 0 Å². The molecule has 1 aromatic carbocycles. The average Bonchev–Trinajstić information content (AvgIpc) is 2.69. The molecule has 0 aliphatic heterocycles. The van der Waals surface area contributed by atoms with E-state index < -0.39 is 0 Å². The van der Waals surface area contributed by atoms with Crippen molar-refractivity contribution in [3.05, 3.63) is 48.8 Å².